The fourth-order valence-corrected chi connectivity index (χ4v) is 4.24. The molecule has 3 aromatic carbocycles. The van der Waals surface area contributed by atoms with E-state index >= 15 is 0 Å². The predicted octanol–water partition coefficient (Wildman–Crippen LogP) is 6.14. The Kier molecular flexibility index (Phi) is 5.88. The van der Waals surface area contributed by atoms with Crippen molar-refractivity contribution < 1.29 is 19.8 Å². The minimum Gasteiger partial charge on any atom is -0.494 e. The zero-order chi connectivity index (χ0) is 23.7. The van der Waals surface area contributed by atoms with Crippen molar-refractivity contribution >= 4 is 28.2 Å². The number of carbonyl (C=O) groups is 2. The number of benzene rings is 3. The number of rotatable bonds is 6. The summed E-state index contributed by atoms with van der Waals surface area (Å²) in [5, 5.41) is 21.7. The van der Waals surface area contributed by atoms with Gasteiger partial charge in [-0.1, -0.05) is 60.2 Å². The van der Waals surface area contributed by atoms with Gasteiger partial charge in [0.25, 0.3) is 0 Å². The van der Waals surface area contributed by atoms with E-state index in [0.29, 0.717) is 12.1 Å². The molecule has 0 saturated heterocycles. The maximum Gasteiger partial charge on any atom is 0.335 e. The van der Waals surface area contributed by atoms with Gasteiger partial charge in [0.15, 0.2) is 5.78 Å². The van der Waals surface area contributed by atoms with E-state index in [1.165, 1.54) is 6.92 Å². The highest BCUT2D eigenvalue weighted by molar-refractivity contribution is 6.01. The van der Waals surface area contributed by atoms with E-state index < -0.39 is 5.97 Å². The first-order valence-electron chi connectivity index (χ1n) is 10.7. The number of ketones is 1. The van der Waals surface area contributed by atoms with Gasteiger partial charge in [-0.15, -0.1) is 0 Å². The molecular formula is C28H25NO4. The lowest BCUT2D eigenvalue weighted by molar-refractivity contribution is 0.0696. The monoisotopic (exact) mass is 439 g/mol. The smallest absolute Gasteiger partial charge is 0.335 e. The van der Waals surface area contributed by atoms with Crippen LogP contribution in [0.25, 0.3) is 16.5 Å². The Labute approximate surface area is 192 Å². The van der Waals surface area contributed by atoms with Crippen molar-refractivity contribution in [3.8, 4) is 5.88 Å². The number of fused-ring (bicyclic) bond motifs is 1. The number of carboxylic acids is 1. The maximum absolute atomic E-state index is 11.7. The highest BCUT2D eigenvalue weighted by Crippen LogP contribution is 2.41. The Hall–Kier alpha value is -4.12. The van der Waals surface area contributed by atoms with Gasteiger partial charge in [-0.05, 0) is 55.7 Å². The van der Waals surface area contributed by atoms with Crippen molar-refractivity contribution in [2.24, 2.45) is 0 Å². The molecule has 0 aliphatic rings. The molecule has 0 spiro atoms. The third kappa shape index (κ3) is 4.17. The maximum atomic E-state index is 11.7. The number of carboxylic acid groups (broad SMARTS) is 1. The normalized spacial score (nSPS) is 10.9. The molecule has 2 N–H and O–H groups in total. The Balaban J connectivity index is 1.89. The lowest BCUT2D eigenvalue weighted by atomic mass is 9.92. The molecule has 33 heavy (non-hydrogen) atoms. The lowest BCUT2D eigenvalue weighted by Crippen LogP contribution is -2.02. The van der Waals surface area contributed by atoms with Gasteiger partial charge in [0.2, 0.25) is 5.88 Å². The van der Waals surface area contributed by atoms with E-state index in [0.717, 1.165) is 38.7 Å². The Morgan fingerprint density at radius 3 is 2.12 bits per heavy atom. The third-order valence-electron chi connectivity index (χ3n) is 5.79. The zero-order valence-electron chi connectivity index (χ0n) is 18.8. The first kappa shape index (κ1) is 22.1. The molecule has 1 aromatic heterocycles. The summed E-state index contributed by atoms with van der Waals surface area (Å²) in [6.45, 7) is 5.86. The molecule has 0 saturated carbocycles. The van der Waals surface area contributed by atoms with Gasteiger partial charge in [0.05, 0.1) is 23.2 Å². The van der Waals surface area contributed by atoms with E-state index in [1.54, 1.807) is 34.9 Å². The molecule has 0 radical (unpaired) electrons. The van der Waals surface area contributed by atoms with Gasteiger partial charge in [0.1, 0.15) is 0 Å². The fraction of sp³-hybridized carbons (Fsp3) is 0.143. The number of allylic oxidation sites excluding steroid dienone is 1. The number of aromatic nitrogens is 1. The number of aromatic carboxylic acids is 1. The molecule has 0 bridgehead atoms. The van der Waals surface area contributed by atoms with Crippen LogP contribution in [0.3, 0.4) is 0 Å². The van der Waals surface area contributed by atoms with Crippen molar-refractivity contribution in [1.82, 2.24) is 4.57 Å². The van der Waals surface area contributed by atoms with Crippen LogP contribution in [0.4, 0.5) is 0 Å². The van der Waals surface area contributed by atoms with Crippen LogP contribution < -0.4 is 0 Å². The molecule has 5 nitrogen and oxygen atoms in total. The van der Waals surface area contributed by atoms with Crippen LogP contribution in [0.1, 0.15) is 58.2 Å². The highest BCUT2D eigenvalue weighted by atomic mass is 16.4. The SMILES string of the molecule is CC(=O)c1ccc(C(=C(C)C)c2c(O)n(Cc3cccc(C(=O)O)c3)c3ccccc23)cc1. The van der Waals surface area contributed by atoms with E-state index in [4.69, 9.17) is 0 Å². The molecule has 0 fully saturated rings. The topological polar surface area (TPSA) is 79.5 Å². The van der Waals surface area contributed by atoms with Crippen LogP contribution >= 0.6 is 0 Å². The summed E-state index contributed by atoms with van der Waals surface area (Å²) in [6.07, 6.45) is 0. The van der Waals surface area contributed by atoms with Crippen molar-refractivity contribution in [1.29, 1.82) is 0 Å². The predicted molar refractivity (Wildman–Crippen MR) is 130 cm³/mol. The molecule has 1 heterocycles. The number of aromatic hydroxyl groups is 1. The summed E-state index contributed by atoms with van der Waals surface area (Å²) in [5.41, 5.74) is 6.03. The van der Waals surface area contributed by atoms with Gasteiger partial charge in [0, 0.05) is 10.9 Å². The van der Waals surface area contributed by atoms with E-state index in [1.807, 2.05) is 56.3 Å². The first-order valence-corrected chi connectivity index (χ1v) is 10.7. The molecule has 0 aliphatic carbocycles. The van der Waals surface area contributed by atoms with Gasteiger partial charge in [-0.3, -0.25) is 4.79 Å². The van der Waals surface area contributed by atoms with Crippen LogP contribution in [-0.2, 0) is 6.54 Å². The molecule has 0 atom stereocenters. The zero-order valence-corrected chi connectivity index (χ0v) is 18.8. The average Bonchev–Trinajstić information content (AvgIpc) is 3.06. The largest absolute Gasteiger partial charge is 0.494 e. The number of carbonyl (C=O) groups excluding carboxylic acids is 1. The Morgan fingerprint density at radius 2 is 1.48 bits per heavy atom. The molecule has 0 aliphatic heterocycles. The van der Waals surface area contributed by atoms with Crippen molar-refractivity contribution in [3.63, 3.8) is 0 Å². The summed E-state index contributed by atoms with van der Waals surface area (Å²) in [4.78, 5) is 23.1. The van der Waals surface area contributed by atoms with Crippen LogP contribution in [0.2, 0.25) is 0 Å². The summed E-state index contributed by atoms with van der Waals surface area (Å²) in [7, 11) is 0. The number of para-hydroxylation sites is 1. The number of hydrogen-bond acceptors (Lipinski definition) is 3. The molecule has 4 rings (SSSR count). The first-order chi connectivity index (χ1) is 15.8. The van der Waals surface area contributed by atoms with Crippen LogP contribution in [0.15, 0.2) is 78.4 Å². The Morgan fingerprint density at radius 1 is 0.818 bits per heavy atom. The average molecular weight is 440 g/mol. The standard InChI is InChI=1S/C28H25NO4/c1-17(2)25(21-13-11-20(12-14-21)18(3)30)26-23-9-4-5-10-24(23)29(27(26)31)16-19-7-6-8-22(15-19)28(32)33/h4-15,31H,16H2,1-3H3,(H,32,33). The minimum atomic E-state index is -0.986. The summed E-state index contributed by atoms with van der Waals surface area (Å²) < 4.78 is 1.80. The van der Waals surface area contributed by atoms with E-state index in [-0.39, 0.29) is 17.2 Å². The lowest BCUT2D eigenvalue weighted by Gasteiger charge is -2.13. The minimum absolute atomic E-state index is 0.00309. The second-order valence-electron chi connectivity index (χ2n) is 8.32. The van der Waals surface area contributed by atoms with E-state index in [9.17, 15) is 19.8 Å². The van der Waals surface area contributed by atoms with Crippen molar-refractivity contribution in [2.45, 2.75) is 27.3 Å². The summed E-state index contributed by atoms with van der Waals surface area (Å²) in [5.74, 6) is -0.868. The molecule has 4 aromatic rings. The van der Waals surface area contributed by atoms with E-state index in [2.05, 4.69) is 0 Å². The van der Waals surface area contributed by atoms with Gasteiger partial charge in [-0.2, -0.15) is 0 Å². The van der Waals surface area contributed by atoms with Crippen LogP contribution in [0.5, 0.6) is 5.88 Å². The summed E-state index contributed by atoms with van der Waals surface area (Å²) in [6, 6.07) is 21.9. The number of nitrogens with zero attached hydrogens (tertiary/aromatic N) is 1. The molecule has 5 heteroatoms. The van der Waals surface area contributed by atoms with Gasteiger partial charge >= 0.3 is 5.97 Å². The van der Waals surface area contributed by atoms with Crippen LogP contribution in [-0.4, -0.2) is 26.5 Å². The highest BCUT2D eigenvalue weighted by Gasteiger charge is 2.22. The quantitative estimate of drug-likeness (QED) is 0.354. The van der Waals surface area contributed by atoms with Gasteiger partial charge in [-0.25, -0.2) is 4.79 Å². The Bertz CT molecular complexity index is 1400. The molecular weight excluding hydrogens is 414 g/mol. The molecule has 0 unspecified atom stereocenters. The molecule has 0 amide bonds. The fourth-order valence-electron chi connectivity index (χ4n) is 4.24. The van der Waals surface area contributed by atoms with Crippen LogP contribution in [0, 0.1) is 0 Å². The second-order valence-corrected chi connectivity index (χ2v) is 8.32. The van der Waals surface area contributed by atoms with Crippen molar-refractivity contribution in [3.05, 3.63) is 106 Å². The number of hydrogen-bond donors (Lipinski definition) is 2. The second kappa shape index (κ2) is 8.79. The van der Waals surface area contributed by atoms with Crippen molar-refractivity contribution in [2.75, 3.05) is 0 Å². The third-order valence-corrected chi connectivity index (χ3v) is 5.79. The van der Waals surface area contributed by atoms with Gasteiger partial charge < -0.3 is 14.8 Å². The molecule has 166 valence electrons. The summed E-state index contributed by atoms with van der Waals surface area (Å²) >= 11 is 0. The number of Topliss-reactive ketones (excluding diaryl/α,β-unsaturated/α-hetero) is 1.